The molecule has 0 spiro atoms. The van der Waals surface area contributed by atoms with Gasteiger partial charge >= 0.3 is 17.9 Å². The van der Waals surface area contributed by atoms with Crippen molar-refractivity contribution in [1.29, 1.82) is 0 Å². The number of hydrogen-bond acceptors (Lipinski definition) is 8. The van der Waals surface area contributed by atoms with Crippen molar-refractivity contribution in [3.05, 3.63) is 115 Å². The first-order chi connectivity index (χ1) is 22.0. The van der Waals surface area contributed by atoms with E-state index in [4.69, 9.17) is 23.7 Å². The molecule has 0 atom stereocenters. The molecule has 0 N–H and O–H groups in total. The molecule has 0 aliphatic rings. The second kappa shape index (κ2) is 20.1. The molecule has 45 heavy (non-hydrogen) atoms. The summed E-state index contributed by atoms with van der Waals surface area (Å²) >= 11 is 0. The van der Waals surface area contributed by atoms with Crippen LogP contribution in [0.1, 0.15) is 36.8 Å². The minimum atomic E-state index is -0.468. The van der Waals surface area contributed by atoms with Crippen molar-refractivity contribution in [2.75, 3.05) is 33.0 Å². The Kier molecular flexibility index (Phi) is 15.4. The van der Waals surface area contributed by atoms with E-state index in [0.717, 1.165) is 59.8 Å². The van der Waals surface area contributed by atoms with E-state index >= 15 is 0 Å². The van der Waals surface area contributed by atoms with Crippen LogP contribution in [0.25, 0.3) is 17.2 Å². The van der Waals surface area contributed by atoms with E-state index in [2.05, 4.69) is 13.2 Å². The molecule has 8 nitrogen and oxygen atoms in total. The number of ether oxygens (including phenoxy) is 5. The number of hydrogen-bond donors (Lipinski definition) is 0. The minimum Gasteiger partial charge on any atom is -0.494 e. The van der Waals surface area contributed by atoms with Crippen LogP contribution < -0.4 is 9.47 Å². The topological polar surface area (TPSA) is 97.4 Å². The summed E-state index contributed by atoms with van der Waals surface area (Å²) in [6.45, 7) is 8.75. The summed E-state index contributed by atoms with van der Waals surface area (Å²) in [4.78, 5) is 34.3. The van der Waals surface area contributed by atoms with Gasteiger partial charge in [0.15, 0.2) is 0 Å². The predicted octanol–water partition coefficient (Wildman–Crippen LogP) is 6.93. The van der Waals surface area contributed by atoms with Gasteiger partial charge in [-0.2, -0.15) is 0 Å². The minimum absolute atomic E-state index is 0.185. The van der Waals surface area contributed by atoms with E-state index in [9.17, 15) is 14.4 Å². The Balaban J connectivity index is 1.33. The Hall–Kier alpha value is -4.95. The van der Waals surface area contributed by atoms with Gasteiger partial charge in [0, 0.05) is 18.2 Å². The number of rotatable bonds is 20. The summed E-state index contributed by atoms with van der Waals surface area (Å²) in [5.74, 6) is -0.0350. The van der Waals surface area contributed by atoms with Crippen molar-refractivity contribution in [2.45, 2.75) is 32.1 Å². The Morgan fingerprint density at radius 1 is 0.578 bits per heavy atom. The molecule has 3 aromatic rings. The van der Waals surface area contributed by atoms with Crippen molar-refractivity contribution in [2.24, 2.45) is 0 Å². The zero-order chi connectivity index (χ0) is 32.1. The molecule has 0 amide bonds. The Morgan fingerprint density at radius 3 is 1.80 bits per heavy atom. The lowest BCUT2D eigenvalue weighted by Crippen LogP contribution is -2.09. The van der Waals surface area contributed by atoms with Gasteiger partial charge in [0.25, 0.3) is 0 Å². The number of carbonyl (C=O) groups excluding carboxylic acids is 3. The quantitative estimate of drug-likeness (QED) is 0.0587. The maximum absolute atomic E-state index is 12.3. The van der Waals surface area contributed by atoms with Crippen molar-refractivity contribution in [3.63, 3.8) is 0 Å². The molecule has 3 aromatic carbocycles. The highest BCUT2D eigenvalue weighted by Crippen LogP contribution is 2.23. The third-order valence-corrected chi connectivity index (χ3v) is 6.54. The maximum atomic E-state index is 12.3. The summed E-state index contributed by atoms with van der Waals surface area (Å²) in [7, 11) is 0. The molecule has 0 saturated heterocycles. The van der Waals surface area contributed by atoms with Gasteiger partial charge in [-0.05, 0) is 84.7 Å². The average Bonchev–Trinajstić information content (AvgIpc) is 3.07. The van der Waals surface area contributed by atoms with Gasteiger partial charge in [0.1, 0.15) is 18.1 Å². The third-order valence-electron chi connectivity index (χ3n) is 6.54. The van der Waals surface area contributed by atoms with Gasteiger partial charge < -0.3 is 23.7 Å². The molecule has 0 aliphatic carbocycles. The van der Waals surface area contributed by atoms with Gasteiger partial charge in [-0.1, -0.05) is 61.7 Å². The Morgan fingerprint density at radius 2 is 1.16 bits per heavy atom. The van der Waals surface area contributed by atoms with Crippen LogP contribution in [0.4, 0.5) is 0 Å². The van der Waals surface area contributed by atoms with Crippen LogP contribution in [0.15, 0.2) is 104 Å². The van der Waals surface area contributed by atoms with Crippen LogP contribution in [-0.2, 0) is 35.0 Å². The van der Waals surface area contributed by atoms with Crippen molar-refractivity contribution >= 4 is 24.0 Å². The first kappa shape index (κ1) is 34.5. The van der Waals surface area contributed by atoms with Crippen LogP contribution in [0, 0.1) is 0 Å². The molecular weight excluding hydrogens is 572 g/mol. The summed E-state index contributed by atoms with van der Waals surface area (Å²) in [6.07, 6.45) is 9.84. The lowest BCUT2D eigenvalue weighted by Gasteiger charge is -2.08. The summed E-state index contributed by atoms with van der Waals surface area (Å²) in [5.41, 5.74) is 4.03. The number of esters is 3. The normalized spacial score (nSPS) is 10.7. The molecular formula is C37H40O8. The van der Waals surface area contributed by atoms with Gasteiger partial charge in [-0.15, -0.1) is 0 Å². The lowest BCUT2D eigenvalue weighted by atomic mass is 10.0. The van der Waals surface area contributed by atoms with E-state index < -0.39 is 11.9 Å². The molecule has 3 rings (SSSR count). The summed E-state index contributed by atoms with van der Waals surface area (Å²) in [5, 5.41) is 0. The van der Waals surface area contributed by atoms with Gasteiger partial charge in [-0.25, -0.2) is 14.4 Å². The lowest BCUT2D eigenvalue weighted by molar-refractivity contribution is -0.139. The highest BCUT2D eigenvalue weighted by atomic mass is 16.6. The van der Waals surface area contributed by atoms with E-state index in [1.54, 1.807) is 18.2 Å². The molecule has 0 bridgehead atoms. The molecule has 0 aromatic heterocycles. The fourth-order valence-electron chi connectivity index (χ4n) is 4.10. The SMILES string of the molecule is C=CC(=O)OCCCCCCOc1ccc(-c2ccc(/C=C/C(=O)Oc3ccc(CCOCCOC(=O)C=C)cc3)cc2)cc1. The zero-order valence-corrected chi connectivity index (χ0v) is 25.5. The third kappa shape index (κ3) is 13.9. The van der Waals surface area contributed by atoms with E-state index in [0.29, 0.717) is 38.6 Å². The number of unbranched alkanes of at least 4 members (excludes halogenated alkanes) is 3. The van der Waals surface area contributed by atoms with Crippen LogP contribution in [0.5, 0.6) is 11.5 Å². The van der Waals surface area contributed by atoms with E-state index in [1.807, 2.05) is 60.7 Å². The molecule has 8 heteroatoms. The van der Waals surface area contributed by atoms with Crippen molar-refractivity contribution < 1.29 is 38.1 Å². The monoisotopic (exact) mass is 612 g/mol. The van der Waals surface area contributed by atoms with Crippen LogP contribution in [-0.4, -0.2) is 50.9 Å². The molecule has 0 radical (unpaired) electrons. The fraction of sp³-hybridized carbons (Fsp3) is 0.270. The standard InChI is InChI=1S/C37H40O8/c1-3-35(38)43-25-8-6-5-7-24-42-33-20-16-32(17-21-33)31-14-9-29(10-15-31)13-22-37(40)45-34-18-11-30(12-19-34)23-26-41-27-28-44-36(39)4-2/h3-4,9-22H,1-2,5-8,23-28H2/b22-13+. The Bertz CT molecular complexity index is 1390. The van der Waals surface area contributed by atoms with E-state index in [-0.39, 0.29) is 12.6 Å². The van der Waals surface area contributed by atoms with Crippen LogP contribution >= 0.6 is 0 Å². The molecule has 236 valence electrons. The zero-order valence-electron chi connectivity index (χ0n) is 25.5. The van der Waals surface area contributed by atoms with Gasteiger partial charge in [-0.3, -0.25) is 0 Å². The molecule has 0 unspecified atom stereocenters. The molecule has 0 aliphatic heterocycles. The number of benzene rings is 3. The summed E-state index contributed by atoms with van der Waals surface area (Å²) < 4.78 is 26.5. The average molecular weight is 613 g/mol. The Labute approximate surface area is 264 Å². The highest BCUT2D eigenvalue weighted by molar-refractivity contribution is 5.88. The van der Waals surface area contributed by atoms with Crippen LogP contribution in [0.2, 0.25) is 0 Å². The van der Waals surface area contributed by atoms with Crippen LogP contribution in [0.3, 0.4) is 0 Å². The maximum Gasteiger partial charge on any atom is 0.336 e. The molecule has 0 fully saturated rings. The van der Waals surface area contributed by atoms with E-state index in [1.165, 1.54) is 12.2 Å². The second-order valence-corrected chi connectivity index (χ2v) is 9.91. The van der Waals surface area contributed by atoms with Crippen molar-refractivity contribution in [1.82, 2.24) is 0 Å². The number of carbonyl (C=O) groups is 3. The highest BCUT2D eigenvalue weighted by Gasteiger charge is 2.04. The first-order valence-corrected chi connectivity index (χ1v) is 14.9. The molecule has 0 heterocycles. The van der Waals surface area contributed by atoms with Gasteiger partial charge in [0.2, 0.25) is 0 Å². The second-order valence-electron chi connectivity index (χ2n) is 9.91. The van der Waals surface area contributed by atoms with Gasteiger partial charge in [0.05, 0.1) is 26.4 Å². The van der Waals surface area contributed by atoms with Crippen molar-refractivity contribution in [3.8, 4) is 22.6 Å². The summed E-state index contributed by atoms with van der Waals surface area (Å²) in [6, 6.07) is 23.1. The smallest absolute Gasteiger partial charge is 0.336 e. The molecule has 0 saturated carbocycles. The fourth-order valence-corrected chi connectivity index (χ4v) is 4.10. The first-order valence-electron chi connectivity index (χ1n) is 14.9. The largest absolute Gasteiger partial charge is 0.494 e. The predicted molar refractivity (Wildman–Crippen MR) is 174 cm³/mol.